The van der Waals surface area contributed by atoms with Crippen molar-refractivity contribution in [3.05, 3.63) is 46.5 Å². The normalized spacial score (nSPS) is 24.1. The Kier molecular flexibility index (Phi) is 6.39. The SMILES string of the molecule is CNc1cc(Nc2cccn([C@H]3CCOC[C@H]3OC)c2=O)nc2c(C(=O)NC3CCC3F)cnn12. The number of anilines is 3. The van der Waals surface area contributed by atoms with Crippen LogP contribution >= 0.6 is 0 Å². The molecule has 12 heteroatoms. The van der Waals surface area contributed by atoms with Crippen molar-refractivity contribution in [2.75, 3.05) is 38.0 Å². The summed E-state index contributed by atoms with van der Waals surface area (Å²) in [7, 11) is 3.32. The topological polar surface area (TPSA) is 124 Å². The lowest BCUT2D eigenvalue weighted by molar-refractivity contribution is -0.0609. The summed E-state index contributed by atoms with van der Waals surface area (Å²) >= 11 is 0. The Bertz CT molecular complexity index is 1290. The number of aromatic nitrogens is 4. The van der Waals surface area contributed by atoms with Crippen molar-refractivity contribution in [1.82, 2.24) is 24.5 Å². The third-order valence-corrected chi connectivity index (χ3v) is 6.65. The molecule has 0 radical (unpaired) electrons. The summed E-state index contributed by atoms with van der Waals surface area (Å²) in [5, 5.41) is 13.1. The van der Waals surface area contributed by atoms with Crippen molar-refractivity contribution in [3.8, 4) is 0 Å². The predicted molar refractivity (Wildman–Crippen MR) is 127 cm³/mol. The molecule has 0 aromatic carbocycles. The van der Waals surface area contributed by atoms with E-state index in [4.69, 9.17) is 9.47 Å². The van der Waals surface area contributed by atoms with Gasteiger partial charge >= 0.3 is 0 Å². The van der Waals surface area contributed by atoms with Gasteiger partial charge in [0, 0.05) is 33.0 Å². The summed E-state index contributed by atoms with van der Waals surface area (Å²) in [6.07, 6.45) is 3.59. The molecule has 4 heterocycles. The third-order valence-electron chi connectivity index (χ3n) is 6.65. The zero-order chi connectivity index (χ0) is 24.5. The minimum absolute atomic E-state index is 0.151. The largest absolute Gasteiger partial charge is 0.379 e. The van der Waals surface area contributed by atoms with Crippen molar-refractivity contribution in [2.45, 2.75) is 43.6 Å². The highest BCUT2D eigenvalue weighted by Gasteiger charge is 2.33. The number of fused-ring (bicyclic) bond motifs is 1. The van der Waals surface area contributed by atoms with Crippen LogP contribution in [-0.4, -0.2) is 70.8 Å². The van der Waals surface area contributed by atoms with E-state index in [1.54, 1.807) is 43.1 Å². The van der Waals surface area contributed by atoms with Crippen molar-refractivity contribution in [2.24, 2.45) is 0 Å². The lowest BCUT2D eigenvalue weighted by Gasteiger charge is -2.32. The van der Waals surface area contributed by atoms with Gasteiger partial charge in [0.15, 0.2) is 5.65 Å². The Hall–Kier alpha value is -3.51. The first kappa shape index (κ1) is 23.2. The zero-order valence-electron chi connectivity index (χ0n) is 19.5. The third kappa shape index (κ3) is 4.34. The number of carbonyl (C=O) groups is 1. The summed E-state index contributed by atoms with van der Waals surface area (Å²) in [6.45, 7) is 0.972. The van der Waals surface area contributed by atoms with Gasteiger partial charge in [0.05, 0.1) is 24.9 Å². The quantitative estimate of drug-likeness (QED) is 0.464. The molecule has 0 bridgehead atoms. The monoisotopic (exact) mass is 485 g/mol. The van der Waals surface area contributed by atoms with E-state index in [-0.39, 0.29) is 28.9 Å². The van der Waals surface area contributed by atoms with Crippen LogP contribution in [0, 0.1) is 0 Å². The number of hydrogen-bond acceptors (Lipinski definition) is 8. The van der Waals surface area contributed by atoms with Gasteiger partial charge in [-0.3, -0.25) is 9.59 Å². The molecule has 3 aromatic heterocycles. The number of halogens is 1. The molecule has 4 atom stereocenters. The molecule has 11 nitrogen and oxygen atoms in total. The van der Waals surface area contributed by atoms with Crippen LogP contribution < -0.4 is 21.5 Å². The summed E-state index contributed by atoms with van der Waals surface area (Å²) in [4.78, 5) is 30.6. The fraction of sp³-hybridized carbons (Fsp3) is 0.478. The standard InChI is InChI=1S/C23H28FN7O4/c1-25-20-10-19(29-21-13(11-26-31(20)21)22(32)28-15-6-5-14(15)24)27-16-4-3-8-30(23(16)33)17-7-9-35-12-18(17)34-2/h3-4,8,10-11,14-15,17-18,25H,5-7,9,12H2,1-2H3,(H,27,29)(H,28,32)/t14?,15?,17-,18+/m0/s1. The molecule has 1 amide bonds. The highest BCUT2D eigenvalue weighted by molar-refractivity contribution is 6.00. The van der Waals surface area contributed by atoms with E-state index in [0.29, 0.717) is 49.8 Å². The van der Waals surface area contributed by atoms with Crippen molar-refractivity contribution >= 4 is 28.9 Å². The molecule has 5 rings (SSSR count). The Morgan fingerprint density at radius 2 is 2.17 bits per heavy atom. The van der Waals surface area contributed by atoms with Crippen LogP contribution in [0.2, 0.25) is 0 Å². The van der Waals surface area contributed by atoms with Gasteiger partial charge in [-0.25, -0.2) is 9.37 Å². The summed E-state index contributed by atoms with van der Waals surface area (Å²) in [5.41, 5.74) is 0.610. The number of rotatable bonds is 7. The van der Waals surface area contributed by atoms with Crippen LogP contribution in [0.4, 0.5) is 21.7 Å². The number of amides is 1. The Labute approximate surface area is 200 Å². The number of nitrogens with zero attached hydrogens (tertiary/aromatic N) is 4. The second kappa shape index (κ2) is 9.62. The minimum Gasteiger partial charge on any atom is -0.379 e. The maximum Gasteiger partial charge on any atom is 0.274 e. The molecule has 1 aliphatic heterocycles. The molecular formula is C23H28FN7O4. The summed E-state index contributed by atoms with van der Waals surface area (Å²) in [6, 6.07) is 4.50. The molecular weight excluding hydrogens is 457 g/mol. The van der Waals surface area contributed by atoms with Gasteiger partial charge in [0.2, 0.25) is 0 Å². The number of carbonyl (C=O) groups excluding carboxylic acids is 1. The first-order valence-electron chi connectivity index (χ1n) is 11.6. The number of nitrogens with one attached hydrogen (secondary N) is 3. The lowest BCUT2D eigenvalue weighted by Crippen LogP contribution is -2.48. The fourth-order valence-corrected chi connectivity index (χ4v) is 4.48. The zero-order valence-corrected chi connectivity index (χ0v) is 19.5. The highest BCUT2D eigenvalue weighted by atomic mass is 19.1. The van der Waals surface area contributed by atoms with Gasteiger partial charge in [0.1, 0.15) is 35.2 Å². The first-order valence-corrected chi connectivity index (χ1v) is 11.6. The number of methoxy groups -OCH3 is 1. The van der Waals surface area contributed by atoms with Crippen molar-refractivity contribution < 1.29 is 18.7 Å². The molecule has 3 aromatic rings. The molecule has 2 aliphatic rings. The Morgan fingerprint density at radius 3 is 2.89 bits per heavy atom. The van der Waals surface area contributed by atoms with Gasteiger partial charge in [-0.1, -0.05) is 0 Å². The molecule has 2 fully saturated rings. The van der Waals surface area contributed by atoms with Crippen molar-refractivity contribution in [1.29, 1.82) is 0 Å². The molecule has 1 aliphatic carbocycles. The second-order valence-corrected chi connectivity index (χ2v) is 8.71. The average molecular weight is 486 g/mol. The Balaban J connectivity index is 1.46. The molecule has 2 unspecified atom stereocenters. The van der Waals surface area contributed by atoms with E-state index in [9.17, 15) is 14.0 Å². The molecule has 3 N–H and O–H groups in total. The average Bonchev–Trinajstić information content (AvgIpc) is 3.31. The van der Waals surface area contributed by atoms with Crippen LogP contribution in [0.15, 0.2) is 35.4 Å². The number of hydrogen-bond donors (Lipinski definition) is 3. The summed E-state index contributed by atoms with van der Waals surface area (Å²) in [5.74, 6) is 0.475. The second-order valence-electron chi connectivity index (χ2n) is 8.71. The van der Waals surface area contributed by atoms with Gasteiger partial charge in [-0.2, -0.15) is 9.61 Å². The van der Waals surface area contributed by atoms with E-state index in [0.717, 1.165) is 0 Å². The number of alkyl halides is 1. The number of pyridine rings is 1. The molecule has 1 saturated carbocycles. The maximum atomic E-state index is 13.7. The predicted octanol–water partition coefficient (Wildman–Crippen LogP) is 1.88. The van der Waals surface area contributed by atoms with E-state index in [1.807, 2.05) is 0 Å². The van der Waals surface area contributed by atoms with Crippen molar-refractivity contribution in [3.63, 3.8) is 0 Å². The van der Waals surface area contributed by atoms with Crippen LogP contribution in [0.25, 0.3) is 5.65 Å². The van der Waals surface area contributed by atoms with E-state index >= 15 is 0 Å². The van der Waals surface area contributed by atoms with Crippen LogP contribution in [0.5, 0.6) is 0 Å². The first-order chi connectivity index (χ1) is 17.0. The number of ether oxygens (including phenoxy) is 2. The van der Waals surface area contributed by atoms with E-state index < -0.39 is 18.1 Å². The van der Waals surface area contributed by atoms with Crippen LogP contribution in [-0.2, 0) is 9.47 Å². The molecule has 0 spiro atoms. The van der Waals surface area contributed by atoms with Crippen LogP contribution in [0.3, 0.4) is 0 Å². The van der Waals surface area contributed by atoms with E-state index in [1.165, 1.54) is 10.7 Å². The van der Waals surface area contributed by atoms with Gasteiger partial charge in [0.25, 0.3) is 11.5 Å². The molecule has 1 saturated heterocycles. The smallest absolute Gasteiger partial charge is 0.274 e. The fourth-order valence-electron chi connectivity index (χ4n) is 4.48. The van der Waals surface area contributed by atoms with Gasteiger partial charge < -0.3 is 30.0 Å². The molecule has 35 heavy (non-hydrogen) atoms. The van der Waals surface area contributed by atoms with E-state index in [2.05, 4.69) is 26.0 Å². The van der Waals surface area contributed by atoms with Gasteiger partial charge in [-0.15, -0.1) is 0 Å². The van der Waals surface area contributed by atoms with Gasteiger partial charge in [-0.05, 0) is 31.4 Å². The lowest BCUT2D eigenvalue weighted by atomic mass is 9.90. The minimum atomic E-state index is -1.03. The summed E-state index contributed by atoms with van der Waals surface area (Å²) < 4.78 is 27.8. The maximum absolute atomic E-state index is 13.7. The Morgan fingerprint density at radius 1 is 1.31 bits per heavy atom. The van der Waals surface area contributed by atoms with Crippen LogP contribution in [0.1, 0.15) is 35.7 Å². The molecule has 186 valence electrons. The highest BCUT2D eigenvalue weighted by Crippen LogP contribution is 2.26.